The molecule has 0 amide bonds. The molecule has 0 spiro atoms. The Hall–Kier alpha value is -1.51. The van der Waals surface area contributed by atoms with Crippen LogP contribution in [0.1, 0.15) is 232 Å². The summed E-state index contributed by atoms with van der Waals surface area (Å²) < 4.78 is 11.2. The topological polar surface area (TPSA) is 39.4 Å². The second-order valence-corrected chi connectivity index (χ2v) is 14.6. The first-order chi connectivity index (χ1) is 23.2. The monoisotopic (exact) mass is 657 g/mol. The van der Waals surface area contributed by atoms with E-state index in [0.29, 0.717) is 12.2 Å². The predicted octanol–water partition coefficient (Wildman–Crippen LogP) is 15.2. The zero-order chi connectivity index (χ0) is 33.9. The number of carbonyl (C=O) groups excluding carboxylic acids is 1. The Balaban J connectivity index is 0.000000548. The van der Waals surface area contributed by atoms with Crippen LogP contribution in [0.4, 0.5) is 0 Å². The Morgan fingerprint density at radius 2 is 1.00 bits per heavy atom. The number of furan rings is 1. The highest BCUT2D eigenvalue weighted by molar-refractivity contribution is 5.88. The van der Waals surface area contributed by atoms with Crippen LogP contribution >= 0.6 is 0 Å². The summed E-state index contributed by atoms with van der Waals surface area (Å²) in [5.74, 6) is 1.50. The maximum Gasteiger partial charge on any atom is 0.176 e. The first kappa shape index (κ1) is 43.5. The van der Waals surface area contributed by atoms with Crippen molar-refractivity contribution < 1.29 is 13.9 Å². The molecule has 1 unspecified atom stereocenters. The fraction of sp³-hybridized carbons (Fsp3) is 0.841. The van der Waals surface area contributed by atoms with Gasteiger partial charge in [0.05, 0.1) is 12.5 Å². The number of Topliss-reactive ketones (excluding diaryl/α,β-unsaturated/α-hetero) is 1. The minimum Gasteiger partial charge on any atom is -0.487 e. The zero-order valence-corrected chi connectivity index (χ0v) is 31.9. The number of hydrogen-bond acceptors (Lipinski definition) is 3. The number of aryl methyl sites for hydroxylation is 1. The molecule has 1 aliphatic heterocycles. The standard InChI is InChI=1S/C28H52O2.C16H28O/c1-3-5-7-9-11-13-15-17-19-21-24-28(25-22-26-30-28)27(29)23-20-18-16-14-12-10-8-6-4-2;1-2-3-4-5-6-7-8-9-10-11-13-16-14-12-15-17-16/h22,26H,3-21,23-25H2,1-2H3;12,14-15H,2-11,13H2,1H3. The Morgan fingerprint density at radius 3 is 1.40 bits per heavy atom. The summed E-state index contributed by atoms with van der Waals surface area (Å²) >= 11 is 0. The summed E-state index contributed by atoms with van der Waals surface area (Å²) in [6.07, 6.45) is 48.1. The van der Waals surface area contributed by atoms with Gasteiger partial charge in [-0.2, -0.15) is 0 Å². The molecule has 3 nitrogen and oxygen atoms in total. The lowest BCUT2D eigenvalue weighted by Gasteiger charge is -2.27. The number of carbonyl (C=O) groups is 1. The highest BCUT2D eigenvalue weighted by Crippen LogP contribution is 2.32. The fourth-order valence-electron chi connectivity index (χ4n) is 6.91. The quantitative estimate of drug-likeness (QED) is 0.0707. The van der Waals surface area contributed by atoms with E-state index in [0.717, 1.165) is 37.9 Å². The van der Waals surface area contributed by atoms with Gasteiger partial charge in [-0.3, -0.25) is 4.79 Å². The molecule has 0 bridgehead atoms. The first-order valence-electron chi connectivity index (χ1n) is 21.1. The third-order valence-electron chi connectivity index (χ3n) is 10.1. The predicted molar refractivity (Wildman–Crippen MR) is 205 cm³/mol. The molecule has 2 heterocycles. The molecule has 0 N–H and O–H groups in total. The Bertz CT molecular complexity index is 787. The van der Waals surface area contributed by atoms with Crippen LogP contribution in [0.15, 0.2) is 35.2 Å². The maximum absolute atomic E-state index is 12.9. The minimum absolute atomic E-state index is 0.353. The Morgan fingerprint density at radius 1 is 0.574 bits per heavy atom. The molecular weight excluding hydrogens is 576 g/mol. The van der Waals surface area contributed by atoms with Crippen LogP contribution in [-0.2, 0) is 16.0 Å². The normalized spacial score (nSPS) is 15.5. The van der Waals surface area contributed by atoms with Crippen LogP contribution in [0.3, 0.4) is 0 Å². The molecule has 0 fully saturated rings. The molecule has 0 aliphatic carbocycles. The molecule has 1 atom stereocenters. The number of rotatable bonds is 33. The maximum atomic E-state index is 12.9. The van der Waals surface area contributed by atoms with E-state index in [9.17, 15) is 4.79 Å². The van der Waals surface area contributed by atoms with E-state index in [1.807, 2.05) is 12.1 Å². The lowest BCUT2D eigenvalue weighted by Crippen LogP contribution is -2.37. The molecular formula is C44H80O3. The summed E-state index contributed by atoms with van der Waals surface area (Å²) in [6, 6.07) is 4.05. The summed E-state index contributed by atoms with van der Waals surface area (Å²) in [5, 5.41) is 0. The number of ether oxygens (including phenoxy) is 1. The van der Waals surface area contributed by atoms with Crippen molar-refractivity contribution in [3.8, 4) is 0 Å². The van der Waals surface area contributed by atoms with Gasteiger partial charge in [-0.25, -0.2) is 0 Å². The van der Waals surface area contributed by atoms with Gasteiger partial charge < -0.3 is 9.15 Å². The van der Waals surface area contributed by atoms with Crippen molar-refractivity contribution in [2.24, 2.45) is 0 Å². The Labute approximate surface area is 293 Å². The van der Waals surface area contributed by atoms with E-state index >= 15 is 0 Å². The van der Waals surface area contributed by atoms with Crippen molar-refractivity contribution in [2.75, 3.05) is 0 Å². The summed E-state index contributed by atoms with van der Waals surface area (Å²) in [5.41, 5.74) is -0.514. The van der Waals surface area contributed by atoms with E-state index in [4.69, 9.17) is 9.15 Å². The van der Waals surface area contributed by atoms with E-state index in [1.165, 1.54) is 173 Å². The van der Waals surface area contributed by atoms with Crippen molar-refractivity contribution in [1.82, 2.24) is 0 Å². The van der Waals surface area contributed by atoms with Gasteiger partial charge in [0, 0.05) is 19.3 Å². The van der Waals surface area contributed by atoms with Crippen molar-refractivity contribution in [2.45, 2.75) is 238 Å². The molecule has 0 aromatic carbocycles. The molecule has 1 aromatic heterocycles. The van der Waals surface area contributed by atoms with Crippen LogP contribution in [0, 0.1) is 0 Å². The molecule has 0 saturated heterocycles. The minimum atomic E-state index is -0.514. The molecule has 0 saturated carbocycles. The lowest BCUT2D eigenvalue weighted by molar-refractivity contribution is -0.137. The zero-order valence-electron chi connectivity index (χ0n) is 31.9. The van der Waals surface area contributed by atoms with Crippen LogP contribution in [0.5, 0.6) is 0 Å². The number of unbranched alkanes of at least 4 members (excludes halogenated alkanes) is 26. The van der Waals surface area contributed by atoms with Crippen LogP contribution in [0.2, 0.25) is 0 Å². The largest absolute Gasteiger partial charge is 0.487 e. The third kappa shape index (κ3) is 25.2. The lowest BCUT2D eigenvalue weighted by atomic mass is 9.86. The van der Waals surface area contributed by atoms with E-state index in [2.05, 4.69) is 26.8 Å². The molecule has 2 rings (SSSR count). The summed E-state index contributed by atoms with van der Waals surface area (Å²) in [4.78, 5) is 12.9. The van der Waals surface area contributed by atoms with Gasteiger partial charge in [0.2, 0.25) is 0 Å². The van der Waals surface area contributed by atoms with Gasteiger partial charge >= 0.3 is 0 Å². The highest BCUT2D eigenvalue weighted by atomic mass is 16.5. The van der Waals surface area contributed by atoms with Gasteiger partial charge in [0.15, 0.2) is 11.4 Å². The molecule has 274 valence electrons. The van der Waals surface area contributed by atoms with Crippen molar-refractivity contribution >= 4 is 5.78 Å². The molecule has 1 aromatic rings. The summed E-state index contributed by atoms with van der Waals surface area (Å²) in [6.45, 7) is 6.82. The SMILES string of the molecule is CCCCCCCCCCCCC1(C(=O)CCCCCCCCCCC)CC=CO1.CCCCCCCCCCCCc1ccco1. The van der Waals surface area contributed by atoms with Gasteiger partial charge in [-0.15, -0.1) is 0 Å². The van der Waals surface area contributed by atoms with Crippen molar-refractivity contribution in [3.05, 3.63) is 36.5 Å². The second kappa shape index (κ2) is 33.0. The molecule has 1 aliphatic rings. The average Bonchev–Trinajstić information content (AvgIpc) is 3.79. The van der Waals surface area contributed by atoms with Gasteiger partial charge in [-0.1, -0.05) is 188 Å². The van der Waals surface area contributed by atoms with Crippen molar-refractivity contribution in [1.29, 1.82) is 0 Å². The first-order valence-corrected chi connectivity index (χ1v) is 21.1. The van der Waals surface area contributed by atoms with Crippen LogP contribution < -0.4 is 0 Å². The summed E-state index contributed by atoms with van der Waals surface area (Å²) in [7, 11) is 0. The van der Waals surface area contributed by atoms with Crippen LogP contribution in [0.25, 0.3) is 0 Å². The van der Waals surface area contributed by atoms with E-state index in [1.54, 1.807) is 12.5 Å². The average molecular weight is 657 g/mol. The third-order valence-corrected chi connectivity index (χ3v) is 10.1. The number of ketones is 1. The smallest absolute Gasteiger partial charge is 0.176 e. The highest BCUT2D eigenvalue weighted by Gasteiger charge is 2.39. The van der Waals surface area contributed by atoms with Crippen LogP contribution in [-0.4, -0.2) is 11.4 Å². The fourth-order valence-corrected chi connectivity index (χ4v) is 6.91. The van der Waals surface area contributed by atoms with E-state index in [-0.39, 0.29) is 0 Å². The number of hydrogen-bond donors (Lipinski definition) is 0. The van der Waals surface area contributed by atoms with Crippen molar-refractivity contribution in [3.63, 3.8) is 0 Å². The molecule has 3 heteroatoms. The molecule has 47 heavy (non-hydrogen) atoms. The van der Waals surface area contributed by atoms with E-state index < -0.39 is 5.60 Å². The van der Waals surface area contributed by atoms with Gasteiger partial charge in [0.1, 0.15) is 5.76 Å². The van der Waals surface area contributed by atoms with Gasteiger partial charge in [0.25, 0.3) is 0 Å². The Kier molecular flexibility index (Phi) is 30.6. The second-order valence-electron chi connectivity index (χ2n) is 14.6. The molecule has 0 radical (unpaired) electrons. The van der Waals surface area contributed by atoms with Gasteiger partial charge in [-0.05, 0) is 43.9 Å².